The van der Waals surface area contributed by atoms with Crippen LogP contribution >= 0.6 is 0 Å². The molecule has 1 aliphatic rings. The molecule has 1 aromatic rings. The molecule has 1 aromatic carbocycles. The molecule has 0 radical (unpaired) electrons. The molecule has 0 saturated carbocycles. The molecule has 0 aromatic heterocycles. The van der Waals surface area contributed by atoms with Crippen molar-refractivity contribution < 1.29 is 24.3 Å². The van der Waals surface area contributed by atoms with Crippen molar-refractivity contribution in [1.82, 2.24) is 15.5 Å². The molecule has 0 spiro atoms. The number of amides is 4. The van der Waals surface area contributed by atoms with E-state index in [2.05, 4.69) is 10.6 Å². The lowest BCUT2D eigenvalue weighted by Gasteiger charge is -2.29. The first kappa shape index (κ1) is 20.2. The van der Waals surface area contributed by atoms with Gasteiger partial charge in [0.2, 0.25) is 5.91 Å². The van der Waals surface area contributed by atoms with Crippen LogP contribution in [0.5, 0.6) is 0 Å². The number of hydrogen-bond donors (Lipinski definition) is 3. The number of urea groups is 1. The minimum absolute atomic E-state index is 0.0559. The van der Waals surface area contributed by atoms with Crippen molar-refractivity contribution in [3.8, 4) is 0 Å². The van der Waals surface area contributed by atoms with E-state index in [9.17, 15) is 24.3 Å². The van der Waals surface area contributed by atoms with E-state index < -0.39 is 17.9 Å². The summed E-state index contributed by atoms with van der Waals surface area (Å²) in [5.74, 6) is -1.88. The summed E-state index contributed by atoms with van der Waals surface area (Å²) in [5, 5.41) is 14.6. The number of carboxylic acid groups (broad SMARTS) is 1. The van der Waals surface area contributed by atoms with Crippen LogP contribution in [0.4, 0.5) is 10.5 Å². The lowest BCUT2D eigenvalue weighted by Crippen LogP contribution is -2.47. The van der Waals surface area contributed by atoms with Gasteiger partial charge in [-0.2, -0.15) is 0 Å². The van der Waals surface area contributed by atoms with Gasteiger partial charge in [-0.15, -0.1) is 0 Å². The Bertz CT molecular complexity index is 736. The van der Waals surface area contributed by atoms with E-state index in [0.717, 1.165) is 6.42 Å². The molecule has 1 heterocycles. The van der Waals surface area contributed by atoms with Gasteiger partial charge in [-0.25, -0.2) is 9.59 Å². The van der Waals surface area contributed by atoms with E-state index in [-0.39, 0.29) is 30.6 Å². The summed E-state index contributed by atoms with van der Waals surface area (Å²) in [7, 11) is 0. The molecule has 9 nitrogen and oxygen atoms in total. The predicted molar refractivity (Wildman–Crippen MR) is 98.6 cm³/mol. The zero-order valence-corrected chi connectivity index (χ0v) is 15.4. The van der Waals surface area contributed by atoms with E-state index in [1.807, 2.05) is 0 Å². The number of nitrogens with one attached hydrogen (secondary N) is 2. The Labute approximate surface area is 157 Å². The molecule has 1 unspecified atom stereocenters. The van der Waals surface area contributed by atoms with Gasteiger partial charge in [-0.05, 0) is 31.5 Å². The zero-order chi connectivity index (χ0) is 20.0. The first-order chi connectivity index (χ1) is 12.8. The van der Waals surface area contributed by atoms with E-state index >= 15 is 0 Å². The van der Waals surface area contributed by atoms with E-state index in [0.29, 0.717) is 18.8 Å². The van der Waals surface area contributed by atoms with Gasteiger partial charge in [0.05, 0.1) is 0 Å². The van der Waals surface area contributed by atoms with Gasteiger partial charge in [0, 0.05) is 44.4 Å². The standard InChI is InChI=1S/C18H24N4O5/c1-12(17(25)26)21(10-8-19-13(2)23)16(24)14-5-3-6-15(11-14)22-9-4-7-20-18(22)27/h3,5-6,11-12H,4,7-10H2,1-2H3,(H,19,23)(H,20,27)(H,25,26). The highest BCUT2D eigenvalue weighted by Crippen LogP contribution is 2.20. The normalized spacial score (nSPS) is 14.9. The average molecular weight is 376 g/mol. The van der Waals surface area contributed by atoms with E-state index in [1.165, 1.54) is 18.7 Å². The predicted octanol–water partition coefficient (Wildman–Crippen LogP) is 0.658. The van der Waals surface area contributed by atoms with Crippen LogP contribution in [-0.2, 0) is 9.59 Å². The van der Waals surface area contributed by atoms with Gasteiger partial charge in [-0.3, -0.25) is 14.5 Å². The molecule has 4 amide bonds. The summed E-state index contributed by atoms with van der Waals surface area (Å²) >= 11 is 0. The number of aliphatic carboxylic acids is 1. The molecule has 2 rings (SSSR count). The summed E-state index contributed by atoms with van der Waals surface area (Å²) in [6.45, 7) is 4.12. The maximum absolute atomic E-state index is 12.9. The van der Waals surface area contributed by atoms with Gasteiger partial charge in [0.15, 0.2) is 0 Å². The van der Waals surface area contributed by atoms with Gasteiger partial charge in [-0.1, -0.05) is 6.07 Å². The lowest BCUT2D eigenvalue weighted by molar-refractivity contribution is -0.141. The highest BCUT2D eigenvalue weighted by Gasteiger charge is 2.27. The second-order valence-electron chi connectivity index (χ2n) is 6.28. The summed E-state index contributed by atoms with van der Waals surface area (Å²) in [4.78, 5) is 50.1. The number of nitrogens with zero attached hydrogens (tertiary/aromatic N) is 2. The molecular weight excluding hydrogens is 352 g/mol. The first-order valence-electron chi connectivity index (χ1n) is 8.75. The highest BCUT2D eigenvalue weighted by molar-refractivity contribution is 5.99. The number of carbonyl (C=O) groups excluding carboxylic acids is 3. The van der Waals surface area contributed by atoms with Crippen LogP contribution in [0, 0.1) is 0 Å². The molecule has 1 atom stereocenters. The number of anilines is 1. The molecule has 27 heavy (non-hydrogen) atoms. The van der Waals surface area contributed by atoms with Crippen molar-refractivity contribution >= 4 is 29.5 Å². The maximum Gasteiger partial charge on any atom is 0.326 e. The second-order valence-corrected chi connectivity index (χ2v) is 6.28. The first-order valence-corrected chi connectivity index (χ1v) is 8.75. The Balaban J connectivity index is 2.22. The zero-order valence-electron chi connectivity index (χ0n) is 15.4. The quantitative estimate of drug-likeness (QED) is 0.646. The van der Waals surface area contributed by atoms with E-state index in [1.54, 1.807) is 29.2 Å². The molecular formula is C18H24N4O5. The molecule has 1 fully saturated rings. The van der Waals surface area contributed by atoms with Crippen LogP contribution in [0.25, 0.3) is 0 Å². The number of hydrogen-bond acceptors (Lipinski definition) is 4. The molecule has 0 aliphatic carbocycles. The molecule has 146 valence electrons. The van der Waals surface area contributed by atoms with Crippen LogP contribution in [0.15, 0.2) is 24.3 Å². The fourth-order valence-corrected chi connectivity index (χ4v) is 2.81. The van der Waals surface area contributed by atoms with Gasteiger partial charge in [0.25, 0.3) is 5.91 Å². The van der Waals surface area contributed by atoms with Crippen molar-refractivity contribution in [1.29, 1.82) is 0 Å². The fraction of sp³-hybridized carbons (Fsp3) is 0.444. The summed E-state index contributed by atoms with van der Waals surface area (Å²) in [6.07, 6.45) is 0.794. The molecule has 9 heteroatoms. The molecule has 0 bridgehead atoms. The third-order valence-electron chi connectivity index (χ3n) is 4.30. The molecule has 1 aliphatic heterocycles. The second kappa shape index (κ2) is 9.02. The maximum atomic E-state index is 12.9. The van der Waals surface area contributed by atoms with Crippen LogP contribution in [0.2, 0.25) is 0 Å². The average Bonchev–Trinajstić information content (AvgIpc) is 2.64. The van der Waals surface area contributed by atoms with Crippen molar-refractivity contribution in [3.05, 3.63) is 29.8 Å². The summed E-state index contributed by atoms with van der Waals surface area (Å²) < 4.78 is 0. The lowest BCUT2D eigenvalue weighted by atomic mass is 10.1. The van der Waals surface area contributed by atoms with Crippen molar-refractivity contribution in [2.45, 2.75) is 26.3 Å². The Morgan fingerprint density at radius 1 is 1.37 bits per heavy atom. The van der Waals surface area contributed by atoms with Crippen molar-refractivity contribution in [3.63, 3.8) is 0 Å². The van der Waals surface area contributed by atoms with Crippen LogP contribution < -0.4 is 15.5 Å². The topological polar surface area (TPSA) is 119 Å². The van der Waals surface area contributed by atoms with Crippen molar-refractivity contribution in [2.24, 2.45) is 0 Å². The smallest absolute Gasteiger partial charge is 0.326 e. The largest absolute Gasteiger partial charge is 0.480 e. The van der Waals surface area contributed by atoms with Crippen LogP contribution in [0.3, 0.4) is 0 Å². The SMILES string of the molecule is CC(=O)NCCN(C(=O)c1cccc(N2CCCNC2=O)c1)C(C)C(=O)O. The summed E-state index contributed by atoms with van der Waals surface area (Å²) in [6, 6.07) is 5.24. The number of carbonyl (C=O) groups is 4. The number of rotatable bonds is 7. The minimum atomic E-state index is -1.14. The van der Waals surface area contributed by atoms with Crippen LogP contribution in [-0.4, -0.2) is 66.0 Å². The Morgan fingerprint density at radius 3 is 2.74 bits per heavy atom. The molecule has 1 saturated heterocycles. The van der Waals surface area contributed by atoms with Gasteiger partial charge in [0.1, 0.15) is 6.04 Å². The van der Waals surface area contributed by atoms with Gasteiger partial charge >= 0.3 is 12.0 Å². The fourth-order valence-electron chi connectivity index (χ4n) is 2.81. The third kappa shape index (κ3) is 5.19. The molecule has 3 N–H and O–H groups in total. The summed E-state index contributed by atoms with van der Waals surface area (Å²) in [5.41, 5.74) is 0.852. The Kier molecular flexibility index (Phi) is 6.75. The van der Waals surface area contributed by atoms with Gasteiger partial charge < -0.3 is 20.6 Å². The van der Waals surface area contributed by atoms with E-state index in [4.69, 9.17) is 0 Å². The van der Waals surface area contributed by atoms with Crippen LogP contribution in [0.1, 0.15) is 30.6 Å². The number of benzene rings is 1. The Morgan fingerprint density at radius 2 is 2.11 bits per heavy atom. The number of carboxylic acids is 1. The third-order valence-corrected chi connectivity index (χ3v) is 4.30. The minimum Gasteiger partial charge on any atom is -0.480 e. The highest BCUT2D eigenvalue weighted by atomic mass is 16.4. The monoisotopic (exact) mass is 376 g/mol. The Hall–Kier alpha value is -3.10. The van der Waals surface area contributed by atoms with Crippen molar-refractivity contribution in [2.75, 3.05) is 31.1 Å².